The summed E-state index contributed by atoms with van der Waals surface area (Å²) < 4.78 is 0. The summed E-state index contributed by atoms with van der Waals surface area (Å²) in [6.07, 6.45) is 4.10. The molecule has 0 spiro atoms. The van der Waals surface area contributed by atoms with Crippen molar-refractivity contribution in [1.29, 1.82) is 5.26 Å². The van der Waals surface area contributed by atoms with E-state index in [-0.39, 0.29) is 6.03 Å². The second-order valence-electron chi connectivity index (χ2n) is 6.75. The number of nitrogens with one attached hydrogen (secondary N) is 2. The van der Waals surface area contributed by atoms with Gasteiger partial charge >= 0.3 is 6.03 Å². The van der Waals surface area contributed by atoms with Gasteiger partial charge in [-0.1, -0.05) is 6.07 Å². The van der Waals surface area contributed by atoms with Gasteiger partial charge in [-0.25, -0.2) is 4.79 Å². The highest BCUT2D eigenvalue weighted by molar-refractivity contribution is 5.90. The van der Waals surface area contributed by atoms with Crippen molar-refractivity contribution >= 4 is 11.7 Å². The van der Waals surface area contributed by atoms with Crippen LogP contribution >= 0.6 is 0 Å². The number of nitriles is 1. The van der Waals surface area contributed by atoms with Crippen LogP contribution in [0.4, 0.5) is 10.5 Å². The molecule has 1 aromatic rings. The Hall–Kier alpha value is -2.02. The average molecular weight is 281 g/mol. The van der Waals surface area contributed by atoms with E-state index in [1.165, 1.54) is 19.3 Å². The molecule has 2 N–H and O–H groups in total. The van der Waals surface area contributed by atoms with E-state index in [0.717, 1.165) is 34.9 Å². The van der Waals surface area contributed by atoms with Crippen molar-refractivity contribution in [2.24, 2.45) is 23.7 Å². The van der Waals surface area contributed by atoms with Gasteiger partial charge < -0.3 is 10.6 Å². The van der Waals surface area contributed by atoms with Gasteiger partial charge in [-0.2, -0.15) is 5.26 Å². The molecule has 3 aliphatic carbocycles. The van der Waals surface area contributed by atoms with Gasteiger partial charge in [0.2, 0.25) is 0 Å². The first-order chi connectivity index (χ1) is 10.2. The van der Waals surface area contributed by atoms with Crippen molar-refractivity contribution in [3.05, 3.63) is 29.3 Å². The number of anilines is 1. The zero-order valence-electron chi connectivity index (χ0n) is 12.1. The summed E-state index contributed by atoms with van der Waals surface area (Å²) in [6.45, 7) is 1.93. The van der Waals surface area contributed by atoms with Crippen LogP contribution in [0.15, 0.2) is 18.2 Å². The van der Waals surface area contributed by atoms with Crippen molar-refractivity contribution in [3.63, 3.8) is 0 Å². The van der Waals surface area contributed by atoms with E-state index >= 15 is 0 Å². The third-order valence-electron chi connectivity index (χ3n) is 5.65. The van der Waals surface area contributed by atoms with Crippen LogP contribution in [-0.4, -0.2) is 12.1 Å². The first kappa shape index (κ1) is 12.7. The maximum absolute atomic E-state index is 12.2. The second-order valence-corrected chi connectivity index (χ2v) is 6.75. The van der Waals surface area contributed by atoms with Crippen molar-refractivity contribution in [2.75, 3.05) is 5.32 Å². The fourth-order valence-electron chi connectivity index (χ4n) is 4.65. The minimum absolute atomic E-state index is 0.132. The minimum atomic E-state index is -0.132. The summed E-state index contributed by atoms with van der Waals surface area (Å²) in [4.78, 5) is 12.2. The monoisotopic (exact) mass is 281 g/mol. The van der Waals surface area contributed by atoms with Crippen LogP contribution < -0.4 is 10.6 Å². The Morgan fingerprint density at radius 3 is 2.67 bits per heavy atom. The fourth-order valence-corrected chi connectivity index (χ4v) is 4.65. The normalized spacial score (nSPS) is 35.0. The number of aryl methyl sites for hydroxylation is 1. The van der Waals surface area contributed by atoms with Gasteiger partial charge in [0.15, 0.2) is 0 Å². The lowest BCUT2D eigenvalue weighted by Gasteiger charge is -2.13. The molecule has 2 bridgehead atoms. The van der Waals surface area contributed by atoms with Crippen LogP contribution in [-0.2, 0) is 0 Å². The predicted octanol–water partition coefficient (Wildman–Crippen LogP) is 3.03. The number of carbonyl (C=O) groups excluding carboxylic acids is 1. The number of hydrogen-bond donors (Lipinski definition) is 2. The molecule has 0 aliphatic heterocycles. The highest BCUT2D eigenvalue weighted by Crippen LogP contribution is 2.65. The molecule has 0 saturated heterocycles. The molecule has 21 heavy (non-hydrogen) atoms. The van der Waals surface area contributed by atoms with Gasteiger partial charge in [-0.05, 0) is 67.6 Å². The Balaban J connectivity index is 1.40. The Labute approximate surface area is 124 Å². The van der Waals surface area contributed by atoms with Crippen molar-refractivity contribution in [3.8, 4) is 6.07 Å². The zero-order valence-corrected chi connectivity index (χ0v) is 12.1. The molecule has 3 aliphatic rings. The lowest BCUT2D eigenvalue weighted by molar-refractivity contribution is 0.249. The van der Waals surface area contributed by atoms with Crippen LogP contribution in [0.3, 0.4) is 0 Å². The molecule has 4 nitrogen and oxygen atoms in total. The van der Waals surface area contributed by atoms with Gasteiger partial charge in [0.1, 0.15) is 0 Å². The molecule has 0 radical (unpaired) electrons. The minimum Gasteiger partial charge on any atom is -0.335 e. The largest absolute Gasteiger partial charge is 0.335 e. The lowest BCUT2D eigenvalue weighted by Crippen LogP contribution is -2.34. The van der Waals surface area contributed by atoms with Crippen molar-refractivity contribution in [2.45, 2.75) is 32.2 Å². The summed E-state index contributed by atoms with van der Waals surface area (Å²) in [6, 6.07) is 7.71. The molecule has 0 heterocycles. The van der Waals surface area contributed by atoms with Crippen molar-refractivity contribution in [1.82, 2.24) is 5.32 Å². The van der Waals surface area contributed by atoms with Gasteiger partial charge in [-0.15, -0.1) is 0 Å². The number of hydrogen-bond acceptors (Lipinski definition) is 2. The number of amides is 2. The van der Waals surface area contributed by atoms with Crippen LogP contribution in [0.1, 0.15) is 30.4 Å². The van der Waals surface area contributed by atoms with Crippen LogP contribution in [0.5, 0.6) is 0 Å². The van der Waals surface area contributed by atoms with Crippen molar-refractivity contribution < 1.29 is 4.79 Å². The Bertz CT molecular complexity index is 632. The molecular weight excluding hydrogens is 262 g/mol. The Morgan fingerprint density at radius 1 is 1.29 bits per heavy atom. The molecule has 2 amide bonds. The molecule has 1 aromatic carbocycles. The molecule has 108 valence electrons. The highest BCUT2D eigenvalue weighted by Gasteiger charge is 2.65. The topological polar surface area (TPSA) is 64.9 Å². The number of fused-ring (bicyclic) bond motifs is 5. The summed E-state index contributed by atoms with van der Waals surface area (Å²) >= 11 is 0. The summed E-state index contributed by atoms with van der Waals surface area (Å²) in [5.41, 5.74) is 2.26. The van der Waals surface area contributed by atoms with E-state index in [1.807, 2.05) is 13.0 Å². The van der Waals surface area contributed by atoms with Gasteiger partial charge in [0.05, 0.1) is 11.6 Å². The first-order valence-electron chi connectivity index (χ1n) is 7.75. The molecular formula is C17H19N3O. The summed E-state index contributed by atoms with van der Waals surface area (Å²) in [5.74, 6) is 3.19. The fraction of sp³-hybridized carbons (Fsp3) is 0.529. The molecule has 4 rings (SSSR count). The molecule has 3 fully saturated rings. The maximum Gasteiger partial charge on any atom is 0.319 e. The Morgan fingerprint density at radius 2 is 2.00 bits per heavy atom. The average Bonchev–Trinajstić information content (AvgIpc) is 2.86. The number of rotatable bonds is 2. The SMILES string of the molecule is Cc1ccc(C#N)cc1NC(=O)NC1C2C3CCC(C3)C12. The van der Waals surface area contributed by atoms with Gasteiger partial charge in [0, 0.05) is 11.7 Å². The third kappa shape index (κ3) is 1.99. The molecule has 4 atom stereocenters. The smallest absolute Gasteiger partial charge is 0.319 e. The second kappa shape index (κ2) is 4.49. The van der Waals surface area contributed by atoms with E-state index in [1.54, 1.807) is 12.1 Å². The maximum atomic E-state index is 12.2. The van der Waals surface area contributed by atoms with Gasteiger partial charge in [-0.3, -0.25) is 0 Å². The molecule has 4 heteroatoms. The van der Waals surface area contributed by atoms with E-state index in [9.17, 15) is 4.79 Å². The third-order valence-corrected chi connectivity index (χ3v) is 5.65. The summed E-state index contributed by atoms with van der Waals surface area (Å²) in [5, 5.41) is 15.0. The Kier molecular flexibility index (Phi) is 2.72. The lowest BCUT2D eigenvalue weighted by atomic mass is 10.0. The molecule has 4 unspecified atom stereocenters. The highest BCUT2D eigenvalue weighted by atomic mass is 16.2. The molecule has 3 saturated carbocycles. The number of urea groups is 1. The predicted molar refractivity (Wildman–Crippen MR) is 79.6 cm³/mol. The van der Waals surface area contributed by atoms with E-state index in [0.29, 0.717) is 11.6 Å². The summed E-state index contributed by atoms with van der Waals surface area (Å²) in [7, 11) is 0. The van der Waals surface area contributed by atoms with Crippen LogP contribution in [0.2, 0.25) is 0 Å². The standard InChI is InChI=1S/C17H19N3O/c1-9-2-3-10(8-18)6-13(9)19-17(21)20-16-14-11-4-5-12(7-11)15(14)16/h2-3,6,11-12,14-16H,4-5,7H2,1H3,(H2,19,20,21). The zero-order chi connectivity index (χ0) is 14.6. The number of carbonyl (C=O) groups is 1. The van der Waals surface area contributed by atoms with Crippen LogP contribution in [0, 0.1) is 41.9 Å². The molecule has 0 aromatic heterocycles. The first-order valence-corrected chi connectivity index (χ1v) is 7.75. The quantitative estimate of drug-likeness (QED) is 0.875. The number of benzene rings is 1. The van der Waals surface area contributed by atoms with Crippen LogP contribution in [0.25, 0.3) is 0 Å². The van der Waals surface area contributed by atoms with E-state index in [2.05, 4.69) is 16.7 Å². The van der Waals surface area contributed by atoms with Gasteiger partial charge in [0.25, 0.3) is 0 Å². The van der Waals surface area contributed by atoms with E-state index in [4.69, 9.17) is 5.26 Å². The number of nitrogens with zero attached hydrogens (tertiary/aromatic N) is 1. The van der Waals surface area contributed by atoms with E-state index < -0.39 is 0 Å².